The maximum atomic E-state index is 13.2. The Labute approximate surface area is 178 Å². The Morgan fingerprint density at radius 2 is 1.29 bits per heavy atom. The minimum Gasteiger partial charge on any atom is -0.316 e. The normalized spacial score (nSPS) is 18.3. The lowest BCUT2D eigenvalue weighted by atomic mass is 10.1. The fourth-order valence-corrected chi connectivity index (χ4v) is 3.86. The Hall–Kier alpha value is -3.82. The van der Waals surface area contributed by atoms with Gasteiger partial charge in [-0.2, -0.15) is 0 Å². The summed E-state index contributed by atoms with van der Waals surface area (Å²) in [5.74, 6) is -0.728. The summed E-state index contributed by atoms with van der Waals surface area (Å²) in [6.45, 7) is 5.93. The molecule has 0 saturated carbocycles. The van der Waals surface area contributed by atoms with Crippen molar-refractivity contribution >= 4 is 23.2 Å². The van der Waals surface area contributed by atoms with Crippen LogP contribution in [0.2, 0.25) is 0 Å². The number of nitrogens with zero attached hydrogens (tertiary/aromatic N) is 4. The predicted octanol–water partition coefficient (Wildman–Crippen LogP) is 3.47. The molecule has 0 aromatic heterocycles. The van der Waals surface area contributed by atoms with E-state index in [1.165, 1.54) is 48.5 Å². The van der Waals surface area contributed by atoms with Crippen LogP contribution in [0.1, 0.15) is 41.5 Å². The molecule has 3 rings (SSSR count). The zero-order valence-corrected chi connectivity index (χ0v) is 17.3. The monoisotopic (exact) mass is 426 g/mol. The first-order valence-electron chi connectivity index (χ1n) is 9.74. The van der Waals surface area contributed by atoms with E-state index in [0.29, 0.717) is 17.7 Å². The summed E-state index contributed by atoms with van der Waals surface area (Å²) >= 11 is 0. The highest BCUT2D eigenvalue weighted by atomic mass is 16.6. The molecule has 1 heterocycles. The molecule has 0 bridgehead atoms. The van der Waals surface area contributed by atoms with Crippen LogP contribution in [0, 0.1) is 26.1 Å². The van der Waals surface area contributed by atoms with Gasteiger partial charge in [0, 0.05) is 48.0 Å². The van der Waals surface area contributed by atoms with E-state index >= 15 is 0 Å². The molecule has 0 aliphatic carbocycles. The number of hydrogen-bond acceptors (Lipinski definition) is 6. The molecular formula is C21H22N4O6. The lowest BCUT2D eigenvalue weighted by molar-refractivity contribution is -0.385. The molecule has 10 heteroatoms. The molecule has 0 N–H and O–H groups in total. The summed E-state index contributed by atoms with van der Waals surface area (Å²) in [4.78, 5) is 50.3. The van der Waals surface area contributed by atoms with Gasteiger partial charge in [-0.05, 0) is 37.1 Å². The molecule has 0 spiro atoms. The fourth-order valence-electron chi connectivity index (χ4n) is 3.86. The third kappa shape index (κ3) is 4.23. The number of amides is 2. The van der Waals surface area contributed by atoms with Gasteiger partial charge in [0.15, 0.2) is 0 Å². The first-order valence-corrected chi connectivity index (χ1v) is 9.74. The van der Waals surface area contributed by atoms with Crippen molar-refractivity contribution in [1.29, 1.82) is 0 Å². The average molecular weight is 426 g/mol. The first kappa shape index (κ1) is 21.9. The van der Waals surface area contributed by atoms with Crippen LogP contribution in [0.25, 0.3) is 0 Å². The fraction of sp³-hybridized carbons (Fsp3) is 0.333. The van der Waals surface area contributed by atoms with Crippen LogP contribution < -0.4 is 0 Å². The van der Waals surface area contributed by atoms with E-state index in [-0.39, 0.29) is 35.1 Å². The van der Waals surface area contributed by atoms with Crippen molar-refractivity contribution in [2.45, 2.75) is 33.0 Å². The summed E-state index contributed by atoms with van der Waals surface area (Å²) in [6.07, 6.45) is -0.527. The molecule has 2 amide bonds. The van der Waals surface area contributed by atoms with Crippen molar-refractivity contribution in [1.82, 2.24) is 9.80 Å². The van der Waals surface area contributed by atoms with Gasteiger partial charge in [0.1, 0.15) is 6.17 Å². The molecule has 31 heavy (non-hydrogen) atoms. The molecule has 1 aliphatic rings. The van der Waals surface area contributed by atoms with Gasteiger partial charge in [0.2, 0.25) is 0 Å². The van der Waals surface area contributed by atoms with Gasteiger partial charge in [-0.15, -0.1) is 0 Å². The Morgan fingerprint density at radius 3 is 1.68 bits per heavy atom. The van der Waals surface area contributed by atoms with Gasteiger partial charge in [0.05, 0.1) is 9.85 Å². The van der Waals surface area contributed by atoms with Crippen LogP contribution in [0.4, 0.5) is 11.4 Å². The highest BCUT2D eigenvalue weighted by molar-refractivity contribution is 5.98. The van der Waals surface area contributed by atoms with Crippen molar-refractivity contribution in [3.05, 3.63) is 79.9 Å². The van der Waals surface area contributed by atoms with Gasteiger partial charge in [-0.25, -0.2) is 0 Å². The van der Waals surface area contributed by atoms with Crippen LogP contribution in [-0.2, 0) is 0 Å². The average Bonchev–Trinajstić information content (AvgIpc) is 3.10. The number of nitro benzene ring substituents is 2. The molecule has 1 fully saturated rings. The number of nitro groups is 2. The van der Waals surface area contributed by atoms with Gasteiger partial charge >= 0.3 is 0 Å². The second-order valence-corrected chi connectivity index (χ2v) is 7.78. The number of rotatable bonds is 5. The molecule has 162 valence electrons. The topological polar surface area (TPSA) is 127 Å². The summed E-state index contributed by atoms with van der Waals surface area (Å²) in [5.41, 5.74) is 0.379. The molecule has 1 saturated heterocycles. The number of carbonyl (C=O) groups is 2. The van der Waals surface area contributed by atoms with Crippen molar-refractivity contribution in [3.8, 4) is 0 Å². The maximum absolute atomic E-state index is 13.2. The van der Waals surface area contributed by atoms with E-state index in [2.05, 4.69) is 0 Å². The Balaban J connectivity index is 1.89. The largest absolute Gasteiger partial charge is 0.316 e. The predicted molar refractivity (Wildman–Crippen MR) is 111 cm³/mol. The minimum atomic E-state index is -0.534. The van der Waals surface area contributed by atoms with Crippen LogP contribution in [0.3, 0.4) is 0 Å². The highest BCUT2D eigenvalue weighted by Crippen LogP contribution is 2.30. The van der Waals surface area contributed by atoms with E-state index in [4.69, 9.17) is 0 Å². The Bertz CT molecular complexity index is 1020. The lowest BCUT2D eigenvalue weighted by Gasteiger charge is -2.34. The summed E-state index contributed by atoms with van der Waals surface area (Å²) in [7, 11) is 0. The minimum absolute atomic E-state index is 0.0889. The molecule has 10 nitrogen and oxygen atoms in total. The van der Waals surface area contributed by atoms with Crippen molar-refractivity contribution in [2.75, 3.05) is 6.54 Å². The van der Waals surface area contributed by atoms with E-state index in [1.54, 1.807) is 9.80 Å². The smallest absolute Gasteiger partial charge is 0.269 e. The molecule has 1 aliphatic heterocycles. The molecule has 2 unspecified atom stereocenters. The van der Waals surface area contributed by atoms with Gasteiger partial charge in [0.25, 0.3) is 23.2 Å². The quantitative estimate of drug-likeness (QED) is 0.532. The van der Waals surface area contributed by atoms with Crippen LogP contribution >= 0.6 is 0 Å². The third-order valence-corrected chi connectivity index (χ3v) is 5.28. The SMILES string of the molecule is CC(C)C1N(C(=O)c2ccc([N+](=O)[O-])cc2)CC(C)N1C(=O)c1ccc([N+](=O)[O-])cc1. The standard InChI is InChI=1S/C21H22N4O6/c1-13(2)19-22(20(26)15-4-8-17(9-5-15)24(28)29)12-14(3)23(19)21(27)16-6-10-18(11-7-16)25(30)31/h4-11,13-14,19H,12H2,1-3H3. The third-order valence-electron chi connectivity index (χ3n) is 5.28. The molecule has 0 radical (unpaired) electrons. The summed E-state index contributed by atoms with van der Waals surface area (Å²) in [5, 5.41) is 21.7. The molecule has 2 atom stereocenters. The van der Waals surface area contributed by atoms with Crippen molar-refractivity contribution in [2.24, 2.45) is 5.92 Å². The number of non-ortho nitro benzene ring substituents is 2. The molecule has 2 aromatic rings. The van der Waals surface area contributed by atoms with Crippen LogP contribution in [0.5, 0.6) is 0 Å². The van der Waals surface area contributed by atoms with Gasteiger partial charge in [-0.3, -0.25) is 29.8 Å². The maximum Gasteiger partial charge on any atom is 0.269 e. The van der Waals surface area contributed by atoms with Crippen molar-refractivity contribution < 1.29 is 19.4 Å². The zero-order chi connectivity index (χ0) is 22.9. The Kier molecular flexibility index (Phi) is 6.00. The van der Waals surface area contributed by atoms with E-state index in [1.807, 2.05) is 20.8 Å². The number of carbonyl (C=O) groups excluding carboxylic acids is 2. The van der Waals surface area contributed by atoms with E-state index in [0.717, 1.165) is 0 Å². The van der Waals surface area contributed by atoms with E-state index < -0.39 is 16.0 Å². The van der Waals surface area contributed by atoms with Crippen LogP contribution in [0.15, 0.2) is 48.5 Å². The Morgan fingerprint density at radius 1 is 0.871 bits per heavy atom. The van der Waals surface area contributed by atoms with Crippen molar-refractivity contribution in [3.63, 3.8) is 0 Å². The van der Waals surface area contributed by atoms with Crippen LogP contribution in [-0.4, -0.2) is 50.2 Å². The van der Waals surface area contributed by atoms with Gasteiger partial charge in [-0.1, -0.05) is 13.8 Å². The number of hydrogen-bond donors (Lipinski definition) is 0. The highest BCUT2D eigenvalue weighted by Gasteiger charge is 2.44. The summed E-state index contributed by atoms with van der Waals surface area (Å²) < 4.78 is 0. The lowest BCUT2D eigenvalue weighted by Crippen LogP contribution is -2.48. The zero-order valence-electron chi connectivity index (χ0n) is 17.3. The van der Waals surface area contributed by atoms with Gasteiger partial charge < -0.3 is 9.80 Å². The molecular weight excluding hydrogens is 404 g/mol. The second-order valence-electron chi connectivity index (χ2n) is 7.78. The molecule has 2 aromatic carbocycles. The number of benzene rings is 2. The van der Waals surface area contributed by atoms with E-state index in [9.17, 15) is 29.8 Å². The first-order chi connectivity index (χ1) is 14.6. The second kappa shape index (κ2) is 8.50. The summed E-state index contributed by atoms with van der Waals surface area (Å²) in [6, 6.07) is 10.4.